The number of ether oxygens (including phenoxy) is 2. The predicted molar refractivity (Wildman–Crippen MR) is 60.5 cm³/mol. The van der Waals surface area contributed by atoms with E-state index in [9.17, 15) is 0 Å². The highest BCUT2D eigenvalue weighted by Crippen LogP contribution is 2.09. The van der Waals surface area contributed by atoms with Gasteiger partial charge in [0.25, 0.3) is 0 Å². The molecule has 0 aliphatic rings. The van der Waals surface area contributed by atoms with E-state index in [4.69, 9.17) is 13.9 Å². The van der Waals surface area contributed by atoms with Crippen LogP contribution >= 0.6 is 0 Å². The summed E-state index contributed by atoms with van der Waals surface area (Å²) in [5, 5.41) is 3.24. The van der Waals surface area contributed by atoms with E-state index in [1.165, 1.54) is 0 Å². The van der Waals surface area contributed by atoms with Crippen molar-refractivity contribution < 1.29 is 13.9 Å². The van der Waals surface area contributed by atoms with E-state index in [0.717, 1.165) is 18.7 Å². The molecule has 1 N–H and O–H groups in total. The first kappa shape index (κ1) is 13.0. The normalized spacial score (nSPS) is 10.6. The van der Waals surface area contributed by atoms with Crippen LogP contribution in [0, 0.1) is 0 Å². The van der Waals surface area contributed by atoms with Crippen LogP contribution in [0.3, 0.4) is 0 Å². The number of oxazole rings is 1. The summed E-state index contributed by atoms with van der Waals surface area (Å²) in [6.07, 6.45) is 3.03. The summed E-state index contributed by atoms with van der Waals surface area (Å²) in [5.74, 6) is 0. The molecule has 0 unspecified atom stereocenters. The fourth-order valence-electron chi connectivity index (χ4n) is 1.16. The number of hydrogen-bond acceptors (Lipinski definition) is 5. The maximum absolute atomic E-state index is 5.26. The summed E-state index contributed by atoms with van der Waals surface area (Å²) in [5.41, 5.74) is 0.861. The predicted octanol–water partition coefficient (Wildman–Crippen LogP) is 1.59. The third kappa shape index (κ3) is 5.14. The maximum atomic E-state index is 5.26. The Balaban J connectivity index is 2.17. The van der Waals surface area contributed by atoms with Crippen LogP contribution in [-0.2, 0) is 11.3 Å². The largest absolute Gasteiger partial charge is 0.448 e. The molecule has 0 bridgehead atoms. The van der Waals surface area contributed by atoms with E-state index in [0.29, 0.717) is 32.4 Å². The SMILES string of the molecule is CCCNCc1coc(OCCOCC)n1. The van der Waals surface area contributed by atoms with Crippen LogP contribution in [0.1, 0.15) is 26.0 Å². The number of rotatable bonds is 9. The summed E-state index contributed by atoms with van der Waals surface area (Å²) >= 11 is 0. The Hall–Kier alpha value is -1.07. The van der Waals surface area contributed by atoms with Gasteiger partial charge in [0.05, 0.1) is 12.3 Å². The molecular weight excluding hydrogens is 208 g/mol. The summed E-state index contributed by atoms with van der Waals surface area (Å²) in [6, 6.07) is 0. The number of hydrogen-bond donors (Lipinski definition) is 1. The molecule has 5 nitrogen and oxygen atoms in total. The third-order valence-corrected chi connectivity index (χ3v) is 1.92. The zero-order valence-electron chi connectivity index (χ0n) is 9.99. The molecule has 16 heavy (non-hydrogen) atoms. The zero-order chi connectivity index (χ0) is 11.6. The highest BCUT2D eigenvalue weighted by molar-refractivity contribution is 4.99. The van der Waals surface area contributed by atoms with Crippen LogP contribution in [0.5, 0.6) is 6.08 Å². The molecule has 0 spiro atoms. The minimum atomic E-state index is 0.313. The maximum Gasteiger partial charge on any atom is 0.393 e. The van der Waals surface area contributed by atoms with E-state index in [-0.39, 0.29) is 0 Å². The van der Waals surface area contributed by atoms with Crippen LogP contribution in [0.25, 0.3) is 0 Å². The third-order valence-electron chi connectivity index (χ3n) is 1.92. The van der Waals surface area contributed by atoms with Crippen molar-refractivity contribution in [1.82, 2.24) is 10.3 Å². The topological polar surface area (TPSA) is 56.5 Å². The first-order chi connectivity index (χ1) is 7.86. The highest BCUT2D eigenvalue weighted by atomic mass is 16.6. The van der Waals surface area contributed by atoms with Gasteiger partial charge in [-0.2, -0.15) is 4.98 Å². The molecule has 0 saturated heterocycles. The van der Waals surface area contributed by atoms with E-state index in [1.54, 1.807) is 6.26 Å². The van der Waals surface area contributed by atoms with Gasteiger partial charge in [-0.05, 0) is 19.9 Å². The molecule has 0 saturated carbocycles. The number of aromatic nitrogens is 1. The van der Waals surface area contributed by atoms with Crippen LogP contribution < -0.4 is 10.1 Å². The Morgan fingerprint density at radius 1 is 1.38 bits per heavy atom. The van der Waals surface area contributed by atoms with Gasteiger partial charge < -0.3 is 19.2 Å². The lowest BCUT2D eigenvalue weighted by molar-refractivity contribution is 0.0965. The molecule has 0 aromatic carbocycles. The fourth-order valence-corrected chi connectivity index (χ4v) is 1.16. The van der Waals surface area contributed by atoms with Crippen molar-refractivity contribution in [2.45, 2.75) is 26.8 Å². The molecule has 5 heteroatoms. The van der Waals surface area contributed by atoms with Gasteiger partial charge in [-0.1, -0.05) is 6.92 Å². The van der Waals surface area contributed by atoms with Gasteiger partial charge in [0.15, 0.2) is 0 Å². The minimum absolute atomic E-state index is 0.313. The van der Waals surface area contributed by atoms with Gasteiger partial charge in [-0.15, -0.1) is 0 Å². The Morgan fingerprint density at radius 3 is 3.00 bits per heavy atom. The average molecular weight is 228 g/mol. The van der Waals surface area contributed by atoms with E-state index in [2.05, 4.69) is 17.2 Å². The van der Waals surface area contributed by atoms with Gasteiger partial charge in [0.2, 0.25) is 0 Å². The molecule has 0 radical (unpaired) electrons. The molecule has 0 aliphatic heterocycles. The molecule has 1 heterocycles. The van der Waals surface area contributed by atoms with Crippen LogP contribution in [-0.4, -0.2) is 31.3 Å². The lowest BCUT2D eigenvalue weighted by atomic mass is 10.4. The smallest absolute Gasteiger partial charge is 0.393 e. The molecule has 1 aromatic rings. The van der Waals surface area contributed by atoms with Crippen LogP contribution in [0.2, 0.25) is 0 Å². The van der Waals surface area contributed by atoms with Gasteiger partial charge in [0, 0.05) is 13.2 Å². The van der Waals surface area contributed by atoms with Gasteiger partial charge in [-0.25, -0.2) is 0 Å². The van der Waals surface area contributed by atoms with Gasteiger partial charge in [0.1, 0.15) is 12.9 Å². The lowest BCUT2D eigenvalue weighted by Gasteiger charge is -2.00. The Labute approximate surface area is 96.1 Å². The summed E-state index contributed by atoms with van der Waals surface area (Å²) in [6.45, 7) is 7.49. The molecule has 92 valence electrons. The van der Waals surface area contributed by atoms with E-state index in [1.807, 2.05) is 6.92 Å². The van der Waals surface area contributed by atoms with Crippen molar-refractivity contribution in [1.29, 1.82) is 0 Å². The molecule has 0 aliphatic carbocycles. The second-order valence-electron chi connectivity index (χ2n) is 3.33. The van der Waals surface area contributed by atoms with Crippen LogP contribution in [0.15, 0.2) is 10.7 Å². The monoisotopic (exact) mass is 228 g/mol. The Morgan fingerprint density at radius 2 is 2.25 bits per heavy atom. The summed E-state index contributed by atoms with van der Waals surface area (Å²) in [7, 11) is 0. The van der Waals surface area contributed by atoms with E-state index < -0.39 is 0 Å². The number of nitrogens with zero attached hydrogens (tertiary/aromatic N) is 1. The first-order valence-electron chi connectivity index (χ1n) is 5.72. The Bertz CT molecular complexity index is 276. The van der Waals surface area contributed by atoms with Crippen molar-refractivity contribution in [3.63, 3.8) is 0 Å². The standard InChI is InChI=1S/C11H20N2O3/c1-3-5-12-8-10-9-16-11(13-10)15-7-6-14-4-2/h9,12H,3-8H2,1-2H3. The zero-order valence-corrected chi connectivity index (χ0v) is 9.99. The van der Waals surface area contributed by atoms with Crippen molar-refractivity contribution in [2.24, 2.45) is 0 Å². The fraction of sp³-hybridized carbons (Fsp3) is 0.727. The molecule has 1 rings (SSSR count). The second kappa shape index (κ2) is 8.13. The average Bonchev–Trinajstić information content (AvgIpc) is 2.73. The molecular formula is C11H20N2O3. The summed E-state index contributed by atoms with van der Waals surface area (Å²) < 4.78 is 15.5. The highest BCUT2D eigenvalue weighted by Gasteiger charge is 2.03. The van der Waals surface area contributed by atoms with Crippen molar-refractivity contribution in [3.8, 4) is 6.08 Å². The minimum Gasteiger partial charge on any atom is -0.448 e. The lowest BCUT2D eigenvalue weighted by Crippen LogP contribution is -2.14. The molecule has 1 aromatic heterocycles. The first-order valence-corrected chi connectivity index (χ1v) is 5.72. The summed E-state index contributed by atoms with van der Waals surface area (Å²) in [4.78, 5) is 4.17. The molecule has 0 fully saturated rings. The van der Waals surface area contributed by atoms with E-state index >= 15 is 0 Å². The quantitative estimate of drug-likeness (QED) is 0.650. The molecule has 0 amide bonds. The van der Waals surface area contributed by atoms with Crippen LogP contribution in [0.4, 0.5) is 0 Å². The van der Waals surface area contributed by atoms with Gasteiger partial charge in [-0.3, -0.25) is 0 Å². The van der Waals surface area contributed by atoms with Gasteiger partial charge >= 0.3 is 6.08 Å². The van der Waals surface area contributed by atoms with Crippen molar-refractivity contribution in [2.75, 3.05) is 26.4 Å². The number of nitrogens with one attached hydrogen (secondary N) is 1. The van der Waals surface area contributed by atoms with Crippen molar-refractivity contribution in [3.05, 3.63) is 12.0 Å². The second-order valence-corrected chi connectivity index (χ2v) is 3.33. The molecule has 0 atom stereocenters. The Kier molecular flexibility index (Phi) is 6.60. The van der Waals surface area contributed by atoms with Crippen molar-refractivity contribution >= 4 is 0 Å².